The van der Waals surface area contributed by atoms with Gasteiger partial charge in [-0.15, -0.1) is 0 Å². The topological polar surface area (TPSA) is 89.2 Å². The molecule has 1 aromatic rings. The van der Waals surface area contributed by atoms with Crippen LogP contribution in [0.5, 0.6) is 6.01 Å². The number of hydrazine groups is 1. The van der Waals surface area contributed by atoms with Crippen LogP contribution in [0.25, 0.3) is 0 Å². The monoisotopic (exact) mass is 280 g/mol. The van der Waals surface area contributed by atoms with Gasteiger partial charge in [0.05, 0.1) is 6.61 Å². The summed E-state index contributed by atoms with van der Waals surface area (Å²) < 4.78 is 5.60. The minimum absolute atomic E-state index is 0.352. The molecule has 0 amide bonds. The third-order valence-electron chi connectivity index (χ3n) is 3.35. The Hall–Kier alpha value is -1.63. The maximum atomic E-state index is 5.60. The van der Waals surface area contributed by atoms with E-state index in [1.807, 2.05) is 0 Å². The molecule has 0 aromatic carbocycles. The Morgan fingerprint density at radius 2 is 1.95 bits per heavy atom. The van der Waals surface area contributed by atoms with E-state index in [1.54, 1.807) is 0 Å². The lowest BCUT2D eigenvalue weighted by atomic mass is 10.1. The molecule has 0 bridgehead atoms. The molecule has 1 saturated heterocycles. The average molecular weight is 280 g/mol. The molecule has 0 atom stereocenters. The largest absolute Gasteiger partial charge is 0.463 e. The molecule has 7 heteroatoms. The predicted octanol–water partition coefficient (Wildman–Crippen LogP) is 1.72. The number of ether oxygens (including phenoxy) is 1. The zero-order chi connectivity index (χ0) is 14.2. The number of nitrogen functional groups attached to an aromatic ring is 1. The van der Waals surface area contributed by atoms with Gasteiger partial charge in [-0.1, -0.05) is 19.8 Å². The van der Waals surface area contributed by atoms with Gasteiger partial charge < -0.3 is 9.64 Å². The van der Waals surface area contributed by atoms with E-state index in [4.69, 9.17) is 10.6 Å². The Morgan fingerprint density at radius 1 is 1.15 bits per heavy atom. The molecule has 0 radical (unpaired) electrons. The highest BCUT2D eigenvalue weighted by Crippen LogP contribution is 2.19. The molecule has 1 aliphatic heterocycles. The molecule has 0 spiro atoms. The van der Waals surface area contributed by atoms with E-state index in [9.17, 15) is 0 Å². The zero-order valence-electron chi connectivity index (χ0n) is 12.1. The molecule has 0 unspecified atom stereocenters. The lowest BCUT2D eigenvalue weighted by Crippen LogP contribution is -2.31. The number of unbranched alkanes of at least 4 members (excludes halogenated alkanes) is 2. The highest BCUT2D eigenvalue weighted by atomic mass is 16.5. The maximum Gasteiger partial charge on any atom is 0.323 e. The fraction of sp³-hybridized carbons (Fsp3) is 0.769. The van der Waals surface area contributed by atoms with E-state index < -0.39 is 0 Å². The molecule has 7 nitrogen and oxygen atoms in total. The SMILES string of the molecule is CCCCCOc1nc(NN)nc(N2CCCCC2)n1. The molecule has 2 rings (SSSR count). The summed E-state index contributed by atoms with van der Waals surface area (Å²) in [6.45, 7) is 4.74. The van der Waals surface area contributed by atoms with Gasteiger partial charge in [-0.2, -0.15) is 15.0 Å². The number of nitrogens with two attached hydrogens (primary N) is 1. The Morgan fingerprint density at radius 3 is 2.65 bits per heavy atom. The van der Waals surface area contributed by atoms with E-state index in [1.165, 1.54) is 19.3 Å². The van der Waals surface area contributed by atoms with Crippen molar-refractivity contribution < 1.29 is 4.74 Å². The van der Waals surface area contributed by atoms with Crippen molar-refractivity contribution in [2.24, 2.45) is 5.84 Å². The molecule has 1 aliphatic rings. The van der Waals surface area contributed by atoms with E-state index in [0.29, 0.717) is 24.5 Å². The first kappa shape index (κ1) is 14.8. The average Bonchev–Trinajstić information content (AvgIpc) is 2.52. The summed E-state index contributed by atoms with van der Waals surface area (Å²) in [6, 6.07) is 0.352. The molecule has 0 aliphatic carbocycles. The third kappa shape index (κ3) is 4.19. The van der Waals surface area contributed by atoms with Crippen LogP contribution in [0.3, 0.4) is 0 Å². The van der Waals surface area contributed by atoms with Crippen LogP contribution in [0.15, 0.2) is 0 Å². The van der Waals surface area contributed by atoms with Gasteiger partial charge in [0, 0.05) is 13.1 Å². The summed E-state index contributed by atoms with van der Waals surface area (Å²) in [5.74, 6) is 6.42. The molecule has 112 valence electrons. The van der Waals surface area contributed by atoms with Crippen LogP contribution in [-0.2, 0) is 0 Å². The number of aromatic nitrogens is 3. The molecular weight excluding hydrogens is 256 g/mol. The minimum Gasteiger partial charge on any atom is -0.463 e. The second kappa shape index (κ2) is 7.84. The fourth-order valence-corrected chi connectivity index (χ4v) is 2.23. The summed E-state index contributed by atoms with van der Waals surface area (Å²) in [7, 11) is 0. The molecule has 20 heavy (non-hydrogen) atoms. The summed E-state index contributed by atoms with van der Waals surface area (Å²) >= 11 is 0. The van der Waals surface area contributed by atoms with Crippen molar-refractivity contribution in [2.45, 2.75) is 45.4 Å². The van der Waals surface area contributed by atoms with E-state index >= 15 is 0 Å². The maximum absolute atomic E-state index is 5.60. The number of nitrogens with zero attached hydrogens (tertiary/aromatic N) is 4. The number of hydrogen-bond donors (Lipinski definition) is 2. The van der Waals surface area contributed by atoms with Crippen molar-refractivity contribution in [2.75, 3.05) is 30.0 Å². The van der Waals surface area contributed by atoms with Crippen LogP contribution in [0, 0.1) is 0 Å². The van der Waals surface area contributed by atoms with Gasteiger partial charge in [-0.25, -0.2) is 5.84 Å². The third-order valence-corrected chi connectivity index (χ3v) is 3.35. The van der Waals surface area contributed by atoms with Crippen LogP contribution >= 0.6 is 0 Å². The van der Waals surface area contributed by atoms with Crippen LogP contribution in [0.1, 0.15) is 45.4 Å². The first-order valence-electron chi connectivity index (χ1n) is 7.44. The van der Waals surface area contributed by atoms with Gasteiger partial charge in [0.2, 0.25) is 11.9 Å². The number of hydrogen-bond acceptors (Lipinski definition) is 7. The van der Waals surface area contributed by atoms with Crippen molar-refractivity contribution in [1.82, 2.24) is 15.0 Å². The standard InChI is InChI=1S/C13H24N6O/c1-2-3-7-10-20-13-16-11(18-14)15-12(17-13)19-8-5-4-6-9-19/h2-10,14H2,1H3,(H,15,16,17,18). The first-order valence-corrected chi connectivity index (χ1v) is 7.44. The normalized spacial score (nSPS) is 15.2. The smallest absolute Gasteiger partial charge is 0.323 e. The highest BCUT2D eigenvalue weighted by molar-refractivity contribution is 5.37. The summed E-state index contributed by atoms with van der Waals surface area (Å²) in [5.41, 5.74) is 2.48. The molecular formula is C13H24N6O. The highest BCUT2D eigenvalue weighted by Gasteiger charge is 2.16. The van der Waals surface area contributed by atoms with E-state index in [0.717, 1.165) is 32.4 Å². The van der Waals surface area contributed by atoms with Crippen molar-refractivity contribution in [3.8, 4) is 6.01 Å². The molecule has 2 heterocycles. The van der Waals surface area contributed by atoms with Crippen molar-refractivity contribution in [3.63, 3.8) is 0 Å². The quantitative estimate of drug-likeness (QED) is 0.446. The lowest BCUT2D eigenvalue weighted by Gasteiger charge is -2.26. The van der Waals surface area contributed by atoms with Crippen molar-refractivity contribution in [1.29, 1.82) is 0 Å². The summed E-state index contributed by atoms with van der Waals surface area (Å²) in [4.78, 5) is 15.0. The number of anilines is 2. The number of nitrogens with one attached hydrogen (secondary N) is 1. The second-order valence-corrected chi connectivity index (χ2v) is 4.99. The first-order chi connectivity index (χ1) is 9.83. The Balaban J connectivity index is 2.03. The lowest BCUT2D eigenvalue weighted by molar-refractivity contribution is 0.282. The Bertz CT molecular complexity index is 408. The van der Waals surface area contributed by atoms with Gasteiger partial charge >= 0.3 is 6.01 Å². The molecule has 1 fully saturated rings. The van der Waals surface area contributed by atoms with Gasteiger partial charge in [-0.05, 0) is 25.7 Å². The molecule has 3 N–H and O–H groups in total. The van der Waals surface area contributed by atoms with Crippen molar-refractivity contribution >= 4 is 11.9 Å². The van der Waals surface area contributed by atoms with Crippen LogP contribution in [0.2, 0.25) is 0 Å². The molecule has 1 aromatic heterocycles. The summed E-state index contributed by atoms with van der Waals surface area (Å²) in [5, 5.41) is 0. The van der Waals surface area contributed by atoms with Crippen LogP contribution < -0.4 is 20.9 Å². The van der Waals surface area contributed by atoms with E-state index in [-0.39, 0.29) is 0 Å². The van der Waals surface area contributed by atoms with Crippen LogP contribution in [-0.4, -0.2) is 34.6 Å². The predicted molar refractivity (Wildman–Crippen MR) is 78.7 cm³/mol. The fourth-order valence-electron chi connectivity index (χ4n) is 2.23. The van der Waals surface area contributed by atoms with Gasteiger partial charge in [-0.3, -0.25) is 5.43 Å². The Labute approximate surface area is 119 Å². The van der Waals surface area contributed by atoms with E-state index in [2.05, 4.69) is 32.2 Å². The second-order valence-electron chi connectivity index (χ2n) is 4.99. The van der Waals surface area contributed by atoms with Gasteiger partial charge in [0.1, 0.15) is 0 Å². The minimum atomic E-state index is 0.352. The van der Waals surface area contributed by atoms with Gasteiger partial charge in [0.25, 0.3) is 0 Å². The van der Waals surface area contributed by atoms with Crippen molar-refractivity contribution in [3.05, 3.63) is 0 Å². The number of rotatable bonds is 7. The van der Waals surface area contributed by atoms with Crippen LogP contribution in [0.4, 0.5) is 11.9 Å². The Kier molecular flexibility index (Phi) is 5.79. The molecule has 0 saturated carbocycles. The zero-order valence-corrected chi connectivity index (χ0v) is 12.1. The van der Waals surface area contributed by atoms with Gasteiger partial charge in [0.15, 0.2) is 0 Å². The summed E-state index contributed by atoms with van der Waals surface area (Å²) in [6.07, 6.45) is 6.92. The number of piperidine rings is 1.